The van der Waals surface area contributed by atoms with Crippen LogP contribution in [0.3, 0.4) is 0 Å². The highest BCUT2D eigenvalue weighted by atomic mass is 79.9. The molecule has 0 saturated carbocycles. The van der Waals surface area contributed by atoms with Gasteiger partial charge in [-0.3, -0.25) is 0 Å². The zero-order valence-corrected chi connectivity index (χ0v) is 12.7. The van der Waals surface area contributed by atoms with E-state index < -0.39 is 6.10 Å². The average Bonchev–Trinajstić information content (AvgIpc) is 2.74. The smallest absolute Gasteiger partial charge is 0.124 e. The predicted octanol–water partition coefficient (Wildman–Crippen LogP) is 4.10. The maximum Gasteiger partial charge on any atom is 0.124 e. The molecule has 1 aromatic heterocycles. The number of aryl methyl sites for hydroxylation is 1. The van der Waals surface area contributed by atoms with Crippen LogP contribution in [0.2, 0.25) is 0 Å². The summed E-state index contributed by atoms with van der Waals surface area (Å²) in [5.74, 6) is 0.740. The summed E-state index contributed by atoms with van der Waals surface area (Å²) in [5.41, 5.74) is 1.97. The van der Waals surface area contributed by atoms with Crippen molar-refractivity contribution in [2.24, 2.45) is 0 Å². The van der Waals surface area contributed by atoms with Gasteiger partial charge in [-0.05, 0) is 41.1 Å². The maximum atomic E-state index is 10.3. The molecule has 0 amide bonds. The number of hydrogen-bond acceptors (Lipinski definition) is 3. The molecule has 96 valence electrons. The first-order valence-corrected chi connectivity index (χ1v) is 7.33. The number of methoxy groups -OCH3 is 1. The standard InChI is InChI=1S/C14H15BrO2S/c1-9-3-4-14(17-2)12(5-9)13(16)7-11-6-10(15)8-18-11/h3-6,8,13,16H,7H2,1-2H3. The van der Waals surface area contributed by atoms with Gasteiger partial charge >= 0.3 is 0 Å². The van der Waals surface area contributed by atoms with Crippen molar-refractivity contribution in [1.82, 2.24) is 0 Å². The van der Waals surface area contributed by atoms with E-state index in [0.29, 0.717) is 6.42 Å². The van der Waals surface area contributed by atoms with Gasteiger partial charge in [-0.2, -0.15) is 0 Å². The van der Waals surface area contributed by atoms with Gasteiger partial charge in [0.25, 0.3) is 0 Å². The van der Waals surface area contributed by atoms with Gasteiger partial charge in [0.05, 0.1) is 13.2 Å². The summed E-state index contributed by atoms with van der Waals surface area (Å²) in [6.45, 7) is 2.01. The van der Waals surface area contributed by atoms with Crippen LogP contribution >= 0.6 is 27.3 Å². The molecule has 1 unspecified atom stereocenters. The van der Waals surface area contributed by atoms with Crippen LogP contribution in [-0.4, -0.2) is 12.2 Å². The van der Waals surface area contributed by atoms with Crippen LogP contribution < -0.4 is 4.74 Å². The van der Waals surface area contributed by atoms with E-state index in [0.717, 1.165) is 26.2 Å². The van der Waals surface area contributed by atoms with E-state index in [2.05, 4.69) is 15.9 Å². The Bertz CT molecular complexity index is 536. The largest absolute Gasteiger partial charge is 0.496 e. The van der Waals surface area contributed by atoms with Gasteiger partial charge in [0.1, 0.15) is 5.75 Å². The molecule has 0 aliphatic carbocycles. The lowest BCUT2D eigenvalue weighted by Crippen LogP contribution is -2.03. The minimum absolute atomic E-state index is 0.537. The third-order valence-corrected chi connectivity index (χ3v) is 4.48. The van der Waals surface area contributed by atoms with Crippen molar-refractivity contribution < 1.29 is 9.84 Å². The van der Waals surface area contributed by atoms with Crippen LogP contribution in [0.1, 0.15) is 22.1 Å². The highest BCUT2D eigenvalue weighted by molar-refractivity contribution is 9.10. The Morgan fingerprint density at radius 1 is 1.39 bits per heavy atom. The van der Waals surface area contributed by atoms with Gasteiger partial charge < -0.3 is 9.84 Å². The van der Waals surface area contributed by atoms with E-state index in [1.165, 1.54) is 0 Å². The van der Waals surface area contributed by atoms with Crippen LogP contribution in [0.5, 0.6) is 5.75 Å². The zero-order chi connectivity index (χ0) is 13.1. The van der Waals surface area contributed by atoms with Gasteiger partial charge in [-0.1, -0.05) is 11.6 Å². The van der Waals surface area contributed by atoms with Crippen molar-refractivity contribution in [3.8, 4) is 5.75 Å². The van der Waals surface area contributed by atoms with E-state index in [4.69, 9.17) is 4.74 Å². The summed E-state index contributed by atoms with van der Waals surface area (Å²) >= 11 is 5.06. The van der Waals surface area contributed by atoms with Crippen molar-refractivity contribution >= 4 is 27.3 Å². The molecule has 0 aliphatic heterocycles. The third kappa shape index (κ3) is 3.13. The SMILES string of the molecule is COc1ccc(C)cc1C(O)Cc1cc(Br)cs1. The monoisotopic (exact) mass is 326 g/mol. The topological polar surface area (TPSA) is 29.5 Å². The number of thiophene rings is 1. The molecule has 1 heterocycles. The summed E-state index contributed by atoms with van der Waals surface area (Å²) in [7, 11) is 1.63. The average molecular weight is 327 g/mol. The molecule has 0 radical (unpaired) electrons. The summed E-state index contributed by atoms with van der Waals surface area (Å²) in [6, 6.07) is 7.90. The molecule has 1 aromatic carbocycles. The van der Waals surface area contributed by atoms with Crippen molar-refractivity contribution in [2.45, 2.75) is 19.4 Å². The molecule has 0 spiro atoms. The number of rotatable bonds is 4. The third-order valence-electron chi connectivity index (χ3n) is 2.76. The van der Waals surface area contributed by atoms with Crippen molar-refractivity contribution in [1.29, 1.82) is 0 Å². The second kappa shape index (κ2) is 5.87. The first-order valence-electron chi connectivity index (χ1n) is 5.65. The number of ether oxygens (including phenoxy) is 1. The molecule has 0 fully saturated rings. The van der Waals surface area contributed by atoms with Crippen molar-refractivity contribution in [3.05, 3.63) is 50.1 Å². The molecule has 0 aliphatic rings. The molecule has 1 atom stereocenters. The second-order valence-corrected chi connectivity index (χ2v) is 6.11. The molecule has 0 bridgehead atoms. The number of aliphatic hydroxyl groups excluding tert-OH is 1. The van der Waals surface area contributed by atoms with Gasteiger partial charge in [0.2, 0.25) is 0 Å². The molecule has 2 aromatic rings. The molecule has 2 rings (SSSR count). The number of halogens is 1. The van der Waals surface area contributed by atoms with Crippen molar-refractivity contribution in [2.75, 3.05) is 7.11 Å². The highest BCUT2D eigenvalue weighted by Crippen LogP contribution is 2.30. The number of aliphatic hydroxyl groups is 1. The fraction of sp³-hybridized carbons (Fsp3) is 0.286. The Morgan fingerprint density at radius 3 is 2.78 bits per heavy atom. The van der Waals surface area contributed by atoms with Gasteiger partial charge in [-0.15, -0.1) is 11.3 Å². The summed E-state index contributed by atoms with van der Waals surface area (Å²) in [6.07, 6.45) is 0.0706. The summed E-state index contributed by atoms with van der Waals surface area (Å²) in [5, 5.41) is 12.4. The fourth-order valence-electron chi connectivity index (χ4n) is 1.88. The van der Waals surface area contributed by atoms with E-state index in [9.17, 15) is 5.11 Å². The van der Waals surface area contributed by atoms with Crippen LogP contribution in [0.4, 0.5) is 0 Å². The normalized spacial score (nSPS) is 12.4. The summed E-state index contributed by atoms with van der Waals surface area (Å²) in [4.78, 5) is 1.15. The fourth-order valence-corrected chi connectivity index (χ4v) is 3.36. The van der Waals surface area contributed by atoms with E-state index >= 15 is 0 Å². The molecule has 1 N–H and O–H groups in total. The minimum Gasteiger partial charge on any atom is -0.496 e. The number of hydrogen-bond donors (Lipinski definition) is 1. The van der Waals surface area contributed by atoms with E-state index in [1.54, 1.807) is 18.4 Å². The van der Waals surface area contributed by atoms with Crippen LogP contribution in [0.15, 0.2) is 34.1 Å². The van der Waals surface area contributed by atoms with Crippen LogP contribution in [0.25, 0.3) is 0 Å². The molecular weight excluding hydrogens is 312 g/mol. The Labute approximate surface area is 119 Å². The van der Waals surface area contributed by atoms with Crippen LogP contribution in [0, 0.1) is 6.92 Å². The van der Waals surface area contributed by atoms with Crippen molar-refractivity contribution in [3.63, 3.8) is 0 Å². The maximum absolute atomic E-state index is 10.3. The van der Waals surface area contributed by atoms with Crippen LogP contribution in [-0.2, 0) is 6.42 Å². The lowest BCUT2D eigenvalue weighted by atomic mass is 10.0. The zero-order valence-electron chi connectivity index (χ0n) is 10.3. The van der Waals surface area contributed by atoms with Gasteiger partial charge in [0, 0.05) is 26.7 Å². The Hall–Kier alpha value is -0.840. The highest BCUT2D eigenvalue weighted by Gasteiger charge is 2.15. The first-order chi connectivity index (χ1) is 8.60. The quantitative estimate of drug-likeness (QED) is 0.916. The van der Waals surface area contributed by atoms with E-state index in [1.807, 2.05) is 36.6 Å². The Kier molecular flexibility index (Phi) is 4.43. The molecule has 4 heteroatoms. The minimum atomic E-state index is -0.537. The molecule has 0 saturated heterocycles. The van der Waals surface area contributed by atoms with E-state index in [-0.39, 0.29) is 0 Å². The molecule has 18 heavy (non-hydrogen) atoms. The summed E-state index contributed by atoms with van der Waals surface area (Å²) < 4.78 is 6.36. The Balaban J connectivity index is 2.22. The number of benzene rings is 1. The lowest BCUT2D eigenvalue weighted by Gasteiger charge is -2.14. The predicted molar refractivity (Wildman–Crippen MR) is 78.4 cm³/mol. The van der Waals surface area contributed by atoms with Gasteiger partial charge in [0.15, 0.2) is 0 Å². The molecule has 2 nitrogen and oxygen atoms in total. The molecular formula is C14H15BrO2S. The Morgan fingerprint density at radius 2 is 2.17 bits per heavy atom. The second-order valence-electron chi connectivity index (χ2n) is 4.20. The van der Waals surface area contributed by atoms with Gasteiger partial charge in [-0.25, -0.2) is 0 Å². The first kappa shape index (κ1) is 13.6. The lowest BCUT2D eigenvalue weighted by molar-refractivity contribution is 0.175.